The number of amides is 1. The van der Waals surface area contributed by atoms with Crippen molar-refractivity contribution < 1.29 is 19.2 Å². The van der Waals surface area contributed by atoms with Crippen LogP contribution in [0.2, 0.25) is 0 Å². The summed E-state index contributed by atoms with van der Waals surface area (Å²) in [7, 11) is 0. The van der Waals surface area contributed by atoms with Crippen LogP contribution in [0.15, 0.2) is 78.9 Å². The van der Waals surface area contributed by atoms with Crippen molar-refractivity contribution in [2.45, 2.75) is 6.42 Å². The number of hydrogen-bond acceptors (Lipinski definition) is 5. The quantitative estimate of drug-likeness (QED) is 0.276. The smallest absolute Gasteiger partial charge is 0.316 e. The number of nitro benzene ring substituents is 1. The third kappa shape index (κ3) is 3.91. The first kappa shape index (κ1) is 19.3. The van der Waals surface area contributed by atoms with Gasteiger partial charge in [0.1, 0.15) is 5.75 Å². The number of esters is 1. The number of benzene rings is 3. The van der Waals surface area contributed by atoms with E-state index in [9.17, 15) is 19.7 Å². The number of carbonyl (C=O) groups excluding carboxylic acids is 2. The molecule has 0 spiro atoms. The van der Waals surface area contributed by atoms with Crippen LogP contribution >= 0.6 is 0 Å². The Morgan fingerprint density at radius 2 is 1.63 bits per heavy atom. The number of carbonyl (C=O) groups is 2. The molecule has 1 aliphatic heterocycles. The lowest BCUT2D eigenvalue weighted by atomic mass is 10.0. The highest BCUT2D eigenvalue weighted by molar-refractivity contribution is 6.00. The number of anilines is 1. The highest BCUT2D eigenvalue weighted by atomic mass is 16.6. The van der Waals surface area contributed by atoms with Crippen molar-refractivity contribution in [2.75, 3.05) is 11.4 Å². The number of nitro groups is 1. The second-order valence-electron chi connectivity index (χ2n) is 6.96. The van der Waals surface area contributed by atoms with Crippen LogP contribution in [-0.4, -0.2) is 23.3 Å². The van der Waals surface area contributed by atoms with Gasteiger partial charge in [-0.2, -0.15) is 0 Å². The molecule has 0 radical (unpaired) electrons. The van der Waals surface area contributed by atoms with Crippen LogP contribution in [-0.2, 0) is 9.59 Å². The fraction of sp³-hybridized carbons (Fsp3) is 0.130. The lowest BCUT2D eigenvalue weighted by molar-refractivity contribution is -0.384. The van der Waals surface area contributed by atoms with Crippen molar-refractivity contribution in [3.05, 3.63) is 89.0 Å². The van der Waals surface area contributed by atoms with Gasteiger partial charge in [-0.25, -0.2) is 0 Å². The van der Waals surface area contributed by atoms with Crippen LogP contribution in [0.3, 0.4) is 0 Å². The summed E-state index contributed by atoms with van der Waals surface area (Å²) >= 11 is 0. The van der Waals surface area contributed by atoms with Crippen molar-refractivity contribution in [3.63, 3.8) is 0 Å². The van der Waals surface area contributed by atoms with Crippen LogP contribution in [0, 0.1) is 16.0 Å². The zero-order valence-corrected chi connectivity index (χ0v) is 15.9. The minimum absolute atomic E-state index is 0.0311. The highest BCUT2D eigenvalue weighted by Gasteiger charge is 2.36. The molecule has 3 aromatic rings. The molecule has 0 unspecified atom stereocenters. The molecule has 0 aromatic heterocycles. The molecule has 7 heteroatoms. The maximum atomic E-state index is 12.8. The van der Waals surface area contributed by atoms with Gasteiger partial charge in [0, 0.05) is 36.3 Å². The summed E-state index contributed by atoms with van der Waals surface area (Å²) in [5, 5.41) is 10.8. The largest absolute Gasteiger partial charge is 0.426 e. The summed E-state index contributed by atoms with van der Waals surface area (Å²) in [5.74, 6) is -0.871. The summed E-state index contributed by atoms with van der Waals surface area (Å²) < 4.78 is 5.66. The van der Waals surface area contributed by atoms with E-state index in [0.29, 0.717) is 11.4 Å². The number of para-hydroxylation sites is 1. The number of ether oxygens (including phenoxy) is 1. The molecule has 1 heterocycles. The fourth-order valence-electron chi connectivity index (χ4n) is 3.47. The van der Waals surface area contributed by atoms with E-state index in [1.807, 2.05) is 42.5 Å². The molecule has 7 nitrogen and oxygen atoms in total. The van der Waals surface area contributed by atoms with E-state index in [0.717, 1.165) is 11.1 Å². The van der Waals surface area contributed by atoms with Crippen molar-refractivity contribution in [1.82, 2.24) is 0 Å². The van der Waals surface area contributed by atoms with Gasteiger partial charge in [0.2, 0.25) is 5.91 Å². The maximum absolute atomic E-state index is 12.8. The first-order valence-corrected chi connectivity index (χ1v) is 9.44. The molecule has 150 valence electrons. The number of non-ortho nitro benzene ring substituents is 1. The first-order chi connectivity index (χ1) is 14.5. The third-order valence-corrected chi connectivity index (χ3v) is 5.01. The molecule has 1 atom stereocenters. The summed E-state index contributed by atoms with van der Waals surface area (Å²) in [4.78, 5) is 37.0. The Morgan fingerprint density at radius 3 is 2.33 bits per heavy atom. The molecule has 1 saturated heterocycles. The minimum atomic E-state index is -0.614. The third-order valence-electron chi connectivity index (χ3n) is 5.01. The Hall–Kier alpha value is -4.00. The van der Waals surface area contributed by atoms with Crippen LogP contribution in [0.25, 0.3) is 11.1 Å². The summed E-state index contributed by atoms with van der Waals surface area (Å²) in [6, 6.07) is 22.5. The van der Waals surface area contributed by atoms with Crippen molar-refractivity contribution in [2.24, 2.45) is 5.92 Å². The van der Waals surface area contributed by atoms with Crippen LogP contribution in [0.1, 0.15) is 6.42 Å². The van der Waals surface area contributed by atoms with E-state index in [-0.39, 0.29) is 24.6 Å². The maximum Gasteiger partial charge on any atom is 0.316 e. The Kier molecular flexibility index (Phi) is 5.26. The lowest BCUT2D eigenvalue weighted by Gasteiger charge is -2.16. The van der Waals surface area contributed by atoms with Gasteiger partial charge in [-0.05, 0) is 23.8 Å². The average molecular weight is 402 g/mol. The molecule has 1 amide bonds. The molecular formula is C23H18N2O5. The number of hydrogen-bond donors (Lipinski definition) is 0. The van der Waals surface area contributed by atoms with Crippen molar-refractivity contribution >= 4 is 23.3 Å². The fourth-order valence-corrected chi connectivity index (χ4v) is 3.47. The van der Waals surface area contributed by atoms with E-state index in [4.69, 9.17) is 4.74 Å². The average Bonchev–Trinajstić information content (AvgIpc) is 3.16. The lowest BCUT2D eigenvalue weighted by Crippen LogP contribution is -2.27. The Bertz CT molecular complexity index is 1100. The summed E-state index contributed by atoms with van der Waals surface area (Å²) in [5.41, 5.74) is 2.18. The van der Waals surface area contributed by atoms with Crippen LogP contribution in [0.5, 0.6) is 5.75 Å². The highest BCUT2D eigenvalue weighted by Crippen LogP contribution is 2.32. The Morgan fingerprint density at radius 1 is 0.967 bits per heavy atom. The second-order valence-corrected chi connectivity index (χ2v) is 6.96. The minimum Gasteiger partial charge on any atom is -0.426 e. The van der Waals surface area contributed by atoms with Gasteiger partial charge in [-0.15, -0.1) is 0 Å². The molecule has 1 aliphatic rings. The van der Waals surface area contributed by atoms with Crippen molar-refractivity contribution in [1.29, 1.82) is 0 Å². The van der Waals surface area contributed by atoms with Crippen molar-refractivity contribution in [3.8, 4) is 16.9 Å². The van der Waals surface area contributed by atoms with E-state index < -0.39 is 16.8 Å². The van der Waals surface area contributed by atoms with Gasteiger partial charge < -0.3 is 9.64 Å². The molecule has 0 N–H and O–H groups in total. The molecule has 30 heavy (non-hydrogen) atoms. The topological polar surface area (TPSA) is 89.8 Å². The monoisotopic (exact) mass is 402 g/mol. The molecule has 0 saturated carbocycles. The van der Waals surface area contributed by atoms with Gasteiger partial charge >= 0.3 is 5.97 Å². The van der Waals surface area contributed by atoms with Gasteiger partial charge in [0.25, 0.3) is 5.69 Å². The van der Waals surface area contributed by atoms with Crippen LogP contribution in [0.4, 0.5) is 11.4 Å². The summed E-state index contributed by atoms with van der Waals surface area (Å²) in [6.07, 6.45) is 0.0311. The van der Waals surface area contributed by atoms with E-state index in [1.165, 1.54) is 29.2 Å². The van der Waals surface area contributed by atoms with E-state index >= 15 is 0 Å². The predicted octanol–water partition coefficient (Wildman–Crippen LogP) is 4.22. The first-order valence-electron chi connectivity index (χ1n) is 9.44. The molecule has 0 aliphatic carbocycles. The molecule has 0 bridgehead atoms. The molecule has 4 rings (SSSR count). The SMILES string of the molecule is O=C(Oc1ccccc1-c1ccccc1)[C@@H]1CC(=O)N(c2ccc([N+](=O)[O-])cc2)C1. The normalized spacial score (nSPS) is 15.8. The summed E-state index contributed by atoms with van der Waals surface area (Å²) in [6.45, 7) is 0.170. The van der Waals surface area contributed by atoms with E-state index in [1.54, 1.807) is 12.1 Å². The number of rotatable bonds is 5. The molecule has 3 aromatic carbocycles. The van der Waals surface area contributed by atoms with Gasteiger partial charge in [-0.1, -0.05) is 48.5 Å². The Balaban J connectivity index is 1.49. The predicted molar refractivity (Wildman–Crippen MR) is 111 cm³/mol. The molecule has 1 fully saturated rings. The van der Waals surface area contributed by atoms with Gasteiger partial charge in [0.15, 0.2) is 0 Å². The Labute approximate surface area is 172 Å². The van der Waals surface area contributed by atoms with Crippen LogP contribution < -0.4 is 9.64 Å². The number of nitrogens with zero attached hydrogens (tertiary/aromatic N) is 2. The van der Waals surface area contributed by atoms with E-state index in [2.05, 4.69) is 0 Å². The second kappa shape index (κ2) is 8.16. The standard InChI is InChI=1S/C23H18N2O5/c26-22-14-17(15-24(22)18-10-12-19(13-11-18)25(28)29)23(27)30-21-9-5-4-8-20(21)16-6-2-1-3-7-16/h1-13,17H,14-15H2/t17-/m1/s1. The van der Waals surface area contributed by atoms with Gasteiger partial charge in [0.05, 0.1) is 10.8 Å². The zero-order chi connectivity index (χ0) is 21.1. The molecular weight excluding hydrogens is 384 g/mol. The zero-order valence-electron chi connectivity index (χ0n) is 15.9. The van der Waals surface area contributed by atoms with Gasteiger partial charge in [-0.3, -0.25) is 19.7 Å².